The Bertz CT molecular complexity index is 1350. The van der Waals surface area contributed by atoms with Crippen LogP contribution in [0, 0.1) is 5.82 Å². The molecule has 0 radical (unpaired) electrons. The van der Waals surface area contributed by atoms with Crippen LogP contribution >= 0.6 is 23.2 Å². The van der Waals surface area contributed by atoms with Crippen molar-refractivity contribution < 1.29 is 27.5 Å². The van der Waals surface area contributed by atoms with Gasteiger partial charge in [-0.2, -0.15) is 4.31 Å². The Morgan fingerprint density at radius 1 is 1.22 bits per heavy atom. The molecule has 0 atom stereocenters. The normalized spacial score (nSPS) is 13.9. The van der Waals surface area contributed by atoms with E-state index < -0.39 is 27.8 Å². The van der Waals surface area contributed by atoms with Gasteiger partial charge in [0.1, 0.15) is 16.5 Å². The van der Waals surface area contributed by atoms with Gasteiger partial charge in [0, 0.05) is 44.4 Å². The molecule has 3 rings (SSSR count). The van der Waals surface area contributed by atoms with Crippen molar-refractivity contribution in [2.45, 2.75) is 11.4 Å². The molecule has 9 nitrogen and oxygen atoms in total. The summed E-state index contributed by atoms with van der Waals surface area (Å²) in [7, 11) is -1.14. The summed E-state index contributed by atoms with van der Waals surface area (Å²) in [5.41, 5.74) is 0.549. The number of aliphatic imine (C=N–C) groups is 1. The van der Waals surface area contributed by atoms with Gasteiger partial charge in [-0.3, -0.25) is 14.7 Å². The van der Waals surface area contributed by atoms with Crippen molar-refractivity contribution in [3.05, 3.63) is 75.5 Å². The van der Waals surface area contributed by atoms with Crippen molar-refractivity contribution in [2.75, 3.05) is 33.7 Å². The van der Waals surface area contributed by atoms with E-state index in [2.05, 4.69) is 4.99 Å². The lowest BCUT2D eigenvalue weighted by Gasteiger charge is -2.18. The number of carbonyl (C=O) groups is 2. The van der Waals surface area contributed by atoms with Crippen LogP contribution in [0.2, 0.25) is 10.0 Å². The molecule has 0 bridgehead atoms. The van der Waals surface area contributed by atoms with Crippen molar-refractivity contribution >= 4 is 51.1 Å². The molecule has 0 aliphatic carbocycles. The third kappa shape index (κ3) is 6.04. The van der Waals surface area contributed by atoms with Gasteiger partial charge in [0.2, 0.25) is 15.9 Å². The highest BCUT2D eigenvalue weighted by Crippen LogP contribution is 2.30. The van der Waals surface area contributed by atoms with Crippen molar-refractivity contribution in [2.24, 2.45) is 4.99 Å². The number of carboxylic acid groups (broad SMARTS) is 1. The lowest BCUT2D eigenvalue weighted by atomic mass is 10.1. The number of nitrogens with zero attached hydrogens (tertiary/aromatic N) is 4. The number of hydrogen-bond acceptors (Lipinski definition) is 5. The van der Waals surface area contributed by atoms with Gasteiger partial charge in [0.05, 0.1) is 23.1 Å². The van der Waals surface area contributed by atoms with Crippen LogP contribution in [0.3, 0.4) is 0 Å². The fourth-order valence-corrected chi connectivity index (χ4v) is 5.26. The van der Waals surface area contributed by atoms with Gasteiger partial charge in [-0.05, 0) is 18.2 Å². The van der Waals surface area contributed by atoms with Crippen LogP contribution in [0.4, 0.5) is 9.18 Å². The Labute approximate surface area is 218 Å². The molecule has 0 spiro atoms. The maximum absolute atomic E-state index is 14.7. The van der Waals surface area contributed by atoms with E-state index in [0.717, 1.165) is 9.21 Å². The second kappa shape index (κ2) is 11.4. The minimum Gasteiger partial charge on any atom is -0.465 e. The smallest absolute Gasteiger partial charge is 0.413 e. The number of likely N-dealkylation sites (N-methyl/N-ethyl adjacent to an activating group) is 2. The molecule has 0 fully saturated rings. The van der Waals surface area contributed by atoms with Gasteiger partial charge in [-0.1, -0.05) is 47.5 Å². The van der Waals surface area contributed by atoms with E-state index >= 15 is 0 Å². The molecule has 1 aliphatic heterocycles. The summed E-state index contributed by atoms with van der Waals surface area (Å²) in [5, 5.41) is 9.25. The van der Waals surface area contributed by atoms with Crippen LogP contribution in [-0.2, 0) is 21.4 Å². The molecule has 2 aromatic rings. The number of benzene rings is 2. The van der Waals surface area contributed by atoms with E-state index in [0.29, 0.717) is 12.1 Å². The maximum atomic E-state index is 14.7. The topological polar surface area (TPSA) is 111 Å². The molecular weight excluding hydrogens is 534 g/mol. The molecule has 0 saturated heterocycles. The number of halogens is 3. The Kier molecular flexibility index (Phi) is 8.72. The molecule has 13 heteroatoms. The summed E-state index contributed by atoms with van der Waals surface area (Å²) in [4.78, 5) is 30.0. The SMILES string of the molecule is CN(Cc1ccc(C2=NCCN2C(=O)O)cc1F)C(=O)/C=C/CN(C)S(=O)(=O)c1cccc(Cl)c1Cl. The van der Waals surface area contributed by atoms with Gasteiger partial charge in [0.15, 0.2) is 0 Å². The first-order valence-corrected chi connectivity index (χ1v) is 12.8. The summed E-state index contributed by atoms with van der Waals surface area (Å²) in [6, 6.07) is 8.48. The average Bonchev–Trinajstić information content (AvgIpc) is 3.32. The van der Waals surface area contributed by atoms with Crippen LogP contribution in [0.5, 0.6) is 0 Å². The van der Waals surface area contributed by atoms with Gasteiger partial charge in [-0.25, -0.2) is 17.6 Å². The third-order valence-electron chi connectivity index (χ3n) is 5.39. The van der Waals surface area contributed by atoms with Crippen LogP contribution < -0.4 is 0 Å². The lowest BCUT2D eigenvalue weighted by molar-refractivity contribution is -0.125. The largest absolute Gasteiger partial charge is 0.465 e. The van der Waals surface area contributed by atoms with Crippen molar-refractivity contribution in [3.63, 3.8) is 0 Å². The number of amidine groups is 1. The maximum Gasteiger partial charge on any atom is 0.413 e. The fraction of sp³-hybridized carbons (Fsp3) is 0.261. The van der Waals surface area contributed by atoms with Crippen molar-refractivity contribution in [1.82, 2.24) is 14.1 Å². The minimum absolute atomic E-state index is 0.0589. The summed E-state index contributed by atoms with van der Waals surface area (Å²) in [5.74, 6) is -0.902. The lowest BCUT2D eigenvalue weighted by Crippen LogP contribution is -2.33. The molecule has 1 heterocycles. The summed E-state index contributed by atoms with van der Waals surface area (Å²) in [6.07, 6.45) is 1.39. The Morgan fingerprint density at radius 3 is 2.61 bits per heavy atom. The van der Waals surface area contributed by atoms with Crippen LogP contribution in [-0.4, -0.2) is 79.2 Å². The summed E-state index contributed by atoms with van der Waals surface area (Å²) >= 11 is 11.9. The molecule has 2 amide bonds. The van der Waals surface area contributed by atoms with Crippen LogP contribution in [0.25, 0.3) is 0 Å². The van der Waals surface area contributed by atoms with E-state index in [-0.39, 0.29) is 46.0 Å². The van der Waals surface area contributed by atoms with Gasteiger partial charge in [0.25, 0.3) is 0 Å². The third-order valence-corrected chi connectivity index (χ3v) is 8.19. The summed E-state index contributed by atoms with van der Waals surface area (Å²) in [6.45, 7) is 0.337. The number of carbonyl (C=O) groups excluding carboxylic acids is 1. The zero-order valence-corrected chi connectivity index (χ0v) is 21.7. The first-order valence-electron chi connectivity index (χ1n) is 10.6. The van der Waals surface area contributed by atoms with Gasteiger partial charge in [-0.15, -0.1) is 0 Å². The second-order valence-corrected chi connectivity index (χ2v) is 10.7. The molecule has 1 N–H and O–H groups in total. The van der Waals surface area contributed by atoms with E-state index in [1.165, 1.54) is 61.5 Å². The fourth-order valence-electron chi connectivity index (χ4n) is 3.41. The van der Waals surface area contributed by atoms with Gasteiger partial charge >= 0.3 is 6.09 Å². The van der Waals surface area contributed by atoms with Gasteiger partial charge < -0.3 is 10.0 Å². The number of rotatable bonds is 8. The molecule has 0 aromatic heterocycles. The average molecular weight is 557 g/mol. The number of hydrogen-bond donors (Lipinski definition) is 1. The standard InChI is InChI=1S/C23H23Cl2FN4O5S/c1-28(14-16-9-8-15(13-18(16)26)22-27-10-12-30(22)23(32)33)20(31)7-4-11-29(2)36(34,35)19-6-3-5-17(24)21(19)25/h3-9,13H,10-12,14H2,1-2H3,(H,32,33)/b7-4+. The molecule has 36 heavy (non-hydrogen) atoms. The molecule has 0 saturated carbocycles. The molecular formula is C23H23Cl2FN4O5S. The summed E-state index contributed by atoms with van der Waals surface area (Å²) < 4.78 is 41.2. The zero-order valence-electron chi connectivity index (χ0n) is 19.4. The van der Waals surface area contributed by atoms with E-state index in [1.54, 1.807) is 6.07 Å². The quantitative estimate of drug-likeness (QED) is 0.498. The first kappa shape index (κ1) is 27.6. The molecule has 0 unspecified atom stereocenters. The molecule has 1 aliphatic rings. The van der Waals surface area contributed by atoms with E-state index in [4.69, 9.17) is 23.2 Å². The Balaban J connectivity index is 1.62. The van der Waals surface area contributed by atoms with Crippen molar-refractivity contribution in [3.8, 4) is 0 Å². The van der Waals surface area contributed by atoms with Crippen LogP contribution in [0.15, 0.2) is 58.4 Å². The second-order valence-electron chi connectivity index (χ2n) is 7.88. The van der Waals surface area contributed by atoms with E-state index in [9.17, 15) is 27.5 Å². The Morgan fingerprint density at radius 2 is 1.94 bits per heavy atom. The number of sulfonamides is 1. The monoisotopic (exact) mass is 556 g/mol. The molecule has 192 valence electrons. The number of amides is 2. The van der Waals surface area contributed by atoms with Crippen LogP contribution in [0.1, 0.15) is 11.1 Å². The minimum atomic E-state index is -3.94. The van der Waals surface area contributed by atoms with Crippen molar-refractivity contribution in [1.29, 1.82) is 0 Å². The van der Waals surface area contributed by atoms with E-state index in [1.807, 2.05) is 0 Å². The highest BCUT2D eigenvalue weighted by atomic mass is 35.5. The molecule has 2 aromatic carbocycles. The predicted octanol–water partition coefficient (Wildman–Crippen LogP) is 3.71. The Hall–Kier alpha value is -2.99. The predicted molar refractivity (Wildman–Crippen MR) is 134 cm³/mol. The highest BCUT2D eigenvalue weighted by molar-refractivity contribution is 7.89. The first-order chi connectivity index (χ1) is 16.9. The highest BCUT2D eigenvalue weighted by Gasteiger charge is 2.26. The zero-order chi connectivity index (χ0) is 26.6.